The number of nitrogens with zero attached hydrogens (tertiary/aromatic N) is 6. The summed E-state index contributed by atoms with van der Waals surface area (Å²) in [4.78, 5) is 30.8. The van der Waals surface area contributed by atoms with Crippen LogP contribution in [0, 0.1) is 5.92 Å². The van der Waals surface area contributed by atoms with E-state index in [2.05, 4.69) is 15.5 Å². The molecule has 2 aliphatic rings. The largest absolute Gasteiger partial charge is 0.343 e. The Kier molecular flexibility index (Phi) is 7.42. The van der Waals surface area contributed by atoms with E-state index in [0.717, 1.165) is 55.2 Å². The maximum Gasteiger partial charge on any atom is 0.254 e. The maximum absolute atomic E-state index is 13.4. The fraction of sp³-hybridized carbons (Fsp3) is 0.423. The van der Waals surface area contributed by atoms with E-state index in [0.29, 0.717) is 36.7 Å². The van der Waals surface area contributed by atoms with Crippen LogP contribution in [0.15, 0.2) is 59.5 Å². The van der Waals surface area contributed by atoms with Gasteiger partial charge in [0, 0.05) is 37.5 Å². The topological polar surface area (TPSA) is 84.2 Å². The van der Waals surface area contributed by atoms with Gasteiger partial charge in [0.05, 0.1) is 17.0 Å². The summed E-state index contributed by atoms with van der Waals surface area (Å²) in [5.41, 5.74) is 1.62. The van der Waals surface area contributed by atoms with Crippen molar-refractivity contribution in [2.45, 2.75) is 42.8 Å². The van der Waals surface area contributed by atoms with Crippen LogP contribution in [0.5, 0.6) is 0 Å². The molecule has 3 aromatic rings. The predicted molar refractivity (Wildman–Crippen MR) is 134 cm³/mol. The smallest absolute Gasteiger partial charge is 0.254 e. The first-order valence-corrected chi connectivity index (χ1v) is 13.3. The Morgan fingerprint density at radius 1 is 0.886 bits per heavy atom. The van der Waals surface area contributed by atoms with E-state index >= 15 is 0 Å². The lowest BCUT2D eigenvalue weighted by Crippen LogP contribution is -2.40. The number of likely N-dealkylation sites (tertiary alicyclic amines) is 2. The molecule has 0 unspecified atom stereocenters. The molecule has 8 nitrogen and oxygen atoms in total. The summed E-state index contributed by atoms with van der Waals surface area (Å²) < 4.78 is 1.73. The molecule has 0 aliphatic carbocycles. The van der Waals surface area contributed by atoms with Crippen molar-refractivity contribution in [2.75, 3.05) is 26.2 Å². The molecule has 0 saturated carbocycles. The van der Waals surface area contributed by atoms with Gasteiger partial charge in [-0.3, -0.25) is 9.59 Å². The second kappa shape index (κ2) is 11.0. The molecule has 0 bridgehead atoms. The van der Waals surface area contributed by atoms with Crippen LogP contribution >= 0.6 is 11.8 Å². The van der Waals surface area contributed by atoms with Gasteiger partial charge in [-0.15, -0.1) is 16.9 Å². The van der Waals surface area contributed by atoms with Crippen LogP contribution in [0.25, 0.3) is 5.69 Å². The van der Waals surface area contributed by atoms with Crippen LogP contribution in [0.3, 0.4) is 0 Å². The highest BCUT2D eigenvalue weighted by atomic mass is 32.2. The summed E-state index contributed by atoms with van der Waals surface area (Å²) in [6.45, 7) is 3.20. The Morgan fingerprint density at radius 2 is 1.60 bits per heavy atom. The molecule has 2 saturated heterocycles. The molecule has 2 aliphatic heterocycles. The number of carbonyl (C=O) groups excluding carboxylic acids is 2. The molecule has 5 rings (SSSR count). The summed E-state index contributed by atoms with van der Waals surface area (Å²) >= 11 is 1.57. The third-order valence-electron chi connectivity index (χ3n) is 6.83. The molecular weight excluding hydrogens is 460 g/mol. The molecule has 2 fully saturated rings. The van der Waals surface area contributed by atoms with Gasteiger partial charge >= 0.3 is 0 Å². The van der Waals surface area contributed by atoms with Crippen LogP contribution in [-0.2, 0) is 10.5 Å². The molecule has 0 N–H and O–H groups in total. The second-order valence-electron chi connectivity index (χ2n) is 9.15. The summed E-state index contributed by atoms with van der Waals surface area (Å²) in [7, 11) is 0. The van der Waals surface area contributed by atoms with Gasteiger partial charge in [-0.25, -0.2) is 0 Å². The Hall–Kier alpha value is -3.20. The molecule has 182 valence electrons. The number of hydrogen-bond acceptors (Lipinski definition) is 6. The molecule has 35 heavy (non-hydrogen) atoms. The van der Waals surface area contributed by atoms with Crippen molar-refractivity contribution in [3.05, 3.63) is 66.0 Å². The minimum atomic E-state index is 0.0556. The van der Waals surface area contributed by atoms with Crippen molar-refractivity contribution in [3.8, 4) is 5.69 Å². The van der Waals surface area contributed by atoms with Crippen molar-refractivity contribution in [1.82, 2.24) is 30.0 Å². The monoisotopic (exact) mass is 490 g/mol. The van der Waals surface area contributed by atoms with Crippen molar-refractivity contribution in [1.29, 1.82) is 0 Å². The first kappa shape index (κ1) is 23.5. The van der Waals surface area contributed by atoms with E-state index in [-0.39, 0.29) is 11.8 Å². The highest BCUT2D eigenvalue weighted by Gasteiger charge is 2.28. The number of rotatable bonds is 7. The average Bonchev–Trinajstić information content (AvgIpc) is 3.61. The number of para-hydroxylation sites is 1. The van der Waals surface area contributed by atoms with Gasteiger partial charge in [-0.2, -0.15) is 4.68 Å². The maximum atomic E-state index is 13.4. The van der Waals surface area contributed by atoms with Crippen molar-refractivity contribution in [3.63, 3.8) is 0 Å². The quantitative estimate of drug-likeness (QED) is 0.468. The minimum Gasteiger partial charge on any atom is -0.343 e. The van der Waals surface area contributed by atoms with Crippen molar-refractivity contribution in [2.24, 2.45) is 5.92 Å². The van der Waals surface area contributed by atoms with Crippen LogP contribution in [-0.4, -0.2) is 68.0 Å². The highest BCUT2D eigenvalue weighted by molar-refractivity contribution is 7.98. The summed E-state index contributed by atoms with van der Waals surface area (Å²) in [6.07, 6.45) is 4.62. The SMILES string of the molecule is O=C(CC1CCN(C(=O)c2ccccc2SCc2nnnn2-c2ccccc2)CC1)N1CCCC1. The fourth-order valence-corrected chi connectivity index (χ4v) is 5.78. The summed E-state index contributed by atoms with van der Waals surface area (Å²) in [5, 5.41) is 12.2. The van der Waals surface area contributed by atoms with Gasteiger partial charge in [-0.1, -0.05) is 30.3 Å². The van der Waals surface area contributed by atoms with E-state index in [1.807, 2.05) is 64.4 Å². The number of piperidine rings is 1. The Labute approximate surface area is 209 Å². The van der Waals surface area contributed by atoms with Crippen LogP contribution < -0.4 is 0 Å². The first-order valence-electron chi connectivity index (χ1n) is 12.3. The molecular formula is C26H30N6O2S. The average molecular weight is 491 g/mol. The number of tetrazole rings is 1. The number of thioether (sulfide) groups is 1. The van der Waals surface area contributed by atoms with Crippen LogP contribution in [0.2, 0.25) is 0 Å². The number of carbonyl (C=O) groups is 2. The third kappa shape index (κ3) is 5.56. The second-order valence-corrected chi connectivity index (χ2v) is 10.2. The summed E-state index contributed by atoms with van der Waals surface area (Å²) in [6, 6.07) is 17.5. The zero-order valence-electron chi connectivity index (χ0n) is 19.8. The lowest BCUT2D eigenvalue weighted by Gasteiger charge is -2.32. The van der Waals surface area contributed by atoms with Gasteiger partial charge in [0.1, 0.15) is 0 Å². The minimum absolute atomic E-state index is 0.0556. The number of benzene rings is 2. The van der Waals surface area contributed by atoms with Gasteiger partial charge in [0.25, 0.3) is 5.91 Å². The van der Waals surface area contributed by atoms with Crippen LogP contribution in [0.1, 0.15) is 48.3 Å². The molecule has 0 spiro atoms. The highest BCUT2D eigenvalue weighted by Crippen LogP contribution is 2.29. The molecule has 3 heterocycles. The van der Waals surface area contributed by atoms with E-state index in [1.165, 1.54) is 0 Å². The molecule has 2 aromatic carbocycles. The number of aromatic nitrogens is 4. The zero-order chi connectivity index (χ0) is 24.0. The number of amides is 2. The zero-order valence-corrected chi connectivity index (χ0v) is 20.6. The Bertz CT molecular complexity index is 1150. The van der Waals surface area contributed by atoms with Crippen molar-refractivity contribution < 1.29 is 9.59 Å². The summed E-state index contributed by atoms with van der Waals surface area (Å²) in [5.74, 6) is 1.99. The Morgan fingerprint density at radius 3 is 2.37 bits per heavy atom. The number of hydrogen-bond donors (Lipinski definition) is 0. The van der Waals surface area contributed by atoms with Gasteiger partial charge in [0.2, 0.25) is 5.91 Å². The van der Waals surface area contributed by atoms with Crippen molar-refractivity contribution >= 4 is 23.6 Å². The first-order chi connectivity index (χ1) is 17.2. The van der Waals surface area contributed by atoms with Gasteiger partial charge in [0.15, 0.2) is 5.82 Å². The normalized spacial score (nSPS) is 16.6. The molecule has 0 radical (unpaired) electrons. The lowest BCUT2D eigenvalue weighted by atomic mass is 9.92. The molecule has 0 atom stereocenters. The predicted octanol–water partition coefficient (Wildman–Crippen LogP) is 3.82. The van der Waals surface area contributed by atoms with Crippen LogP contribution in [0.4, 0.5) is 0 Å². The van der Waals surface area contributed by atoms with Gasteiger partial charge in [-0.05, 0) is 66.3 Å². The van der Waals surface area contributed by atoms with E-state index < -0.39 is 0 Å². The molecule has 9 heteroatoms. The Balaban J connectivity index is 1.19. The molecule has 1 aromatic heterocycles. The lowest BCUT2D eigenvalue weighted by molar-refractivity contribution is -0.131. The fourth-order valence-electron chi connectivity index (χ4n) is 4.83. The van der Waals surface area contributed by atoms with E-state index in [9.17, 15) is 9.59 Å². The van der Waals surface area contributed by atoms with Gasteiger partial charge < -0.3 is 9.80 Å². The third-order valence-corrected chi connectivity index (χ3v) is 7.90. The molecule has 2 amide bonds. The van der Waals surface area contributed by atoms with E-state index in [4.69, 9.17) is 0 Å². The standard InChI is InChI=1S/C26H30N6O2S/c33-25(30-14-6-7-15-30)18-20-12-16-31(17-13-20)26(34)22-10-4-5-11-23(22)35-19-24-27-28-29-32(24)21-8-2-1-3-9-21/h1-5,8-11,20H,6-7,12-19H2. The van der Waals surface area contributed by atoms with E-state index in [1.54, 1.807) is 16.4 Å².